The van der Waals surface area contributed by atoms with Gasteiger partial charge in [0.1, 0.15) is 0 Å². The highest BCUT2D eigenvalue weighted by Crippen LogP contribution is 2.32. The van der Waals surface area contributed by atoms with E-state index in [0.29, 0.717) is 5.82 Å². The molecule has 3 aromatic heterocycles. The van der Waals surface area contributed by atoms with Crippen molar-refractivity contribution in [3.8, 4) is 11.7 Å². The maximum absolute atomic E-state index is 10.7. The van der Waals surface area contributed by atoms with Crippen molar-refractivity contribution >= 4 is 21.4 Å². The molecule has 4 heterocycles. The monoisotopic (exact) mass is 362 g/mol. The maximum Gasteiger partial charge on any atom is 0.219 e. The summed E-state index contributed by atoms with van der Waals surface area (Å²) < 4.78 is 2.75. The molecule has 0 saturated heterocycles. The normalized spacial score (nSPS) is 14.6. The second-order valence-corrected chi connectivity index (χ2v) is 7.52. The smallest absolute Gasteiger partial charge is 0.219 e. The molecule has 26 heavy (non-hydrogen) atoms. The van der Waals surface area contributed by atoms with Gasteiger partial charge >= 0.3 is 0 Å². The van der Waals surface area contributed by atoms with Crippen molar-refractivity contribution in [2.45, 2.75) is 19.5 Å². The minimum atomic E-state index is 0.227. The van der Waals surface area contributed by atoms with Crippen molar-refractivity contribution in [1.29, 1.82) is 0 Å². The summed E-state index contributed by atoms with van der Waals surface area (Å²) in [6.45, 7) is 2.55. The molecule has 6 heteroatoms. The highest BCUT2D eigenvalue weighted by atomic mass is 32.1. The molecule has 1 aliphatic heterocycles. The molecular weight excluding hydrogens is 344 g/mol. The van der Waals surface area contributed by atoms with E-state index in [1.54, 1.807) is 22.2 Å². The number of pyridine rings is 1. The van der Waals surface area contributed by atoms with Crippen LogP contribution in [0.4, 0.5) is 0 Å². The lowest BCUT2D eigenvalue weighted by Crippen LogP contribution is -2.29. The summed E-state index contributed by atoms with van der Waals surface area (Å²) in [5.74, 6) is 0.927. The van der Waals surface area contributed by atoms with Crippen LogP contribution in [0.3, 0.4) is 0 Å². The summed E-state index contributed by atoms with van der Waals surface area (Å²) in [7, 11) is 0. The molecule has 130 valence electrons. The van der Waals surface area contributed by atoms with Crippen molar-refractivity contribution in [2.75, 3.05) is 6.54 Å². The lowest BCUT2D eigenvalue weighted by molar-refractivity contribution is 0.241. The van der Waals surface area contributed by atoms with Gasteiger partial charge in [-0.1, -0.05) is 30.3 Å². The number of nitrogens with zero attached hydrogens (tertiary/aromatic N) is 4. The number of rotatable bonds is 3. The third kappa shape index (κ3) is 2.58. The summed E-state index contributed by atoms with van der Waals surface area (Å²) in [6, 6.07) is 14.5. The molecule has 0 aliphatic carbocycles. The average molecular weight is 362 g/mol. The summed E-state index contributed by atoms with van der Waals surface area (Å²) in [6.07, 6.45) is 2.57. The number of benzene rings is 1. The molecule has 0 atom stereocenters. The Morgan fingerprint density at radius 3 is 2.88 bits per heavy atom. The minimum Gasteiger partial charge on any atom is -0.493 e. The number of fused-ring (bicyclic) bond motifs is 2. The number of aromatic hydroxyl groups is 1. The van der Waals surface area contributed by atoms with Crippen molar-refractivity contribution in [3.05, 3.63) is 70.9 Å². The van der Waals surface area contributed by atoms with Crippen LogP contribution in [0, 0.1) is 0 Å². The molecule has 5 rings (SSSR count). The van der Waals surface area contributed by atoms with Crippen LogP contribution in [0.25, 0.3) is 15.9 Å². The van der Waals surface area contributed by atoms with Gasteiger partial charge in [-0.3, -0.25) is 4.90 Å². The number of hydrogen-bond donors (Lipinski definition) is 1. The van der Waals surface area contributed by atoms with Crippen LogP contribution in [0.2, 0.25) is 0 Å². The molecule has 0 amide bonds. The molecule has 0 fully saturated rings. The van der Waals surface area contributed by atoms with Crippen LogP contribution in [-0.4, -0.2) is 31.3 Å². The van der Waals surface area contributed by atoms with Gasteiger partial charge in [-0.25, -0.2) is 4.98 Å². The lowest BCUT2D eigenvalue weighted by Gasteiger charge is -2.25. The maximum atomic E-state index is 10.7. The quantitative estimate of drug-likeness (QED) is 0.603. The van der Waals surface area contributed by atoms with Crippen molar-refractivity contribution in [1.82, 2.24) is 19.7 Å². The van der Waals surface area contributed by atoms with E-state index in [1.807, 2.05) is 23.6 Å². The molecule has 0 bridgehead atoms. The average Bonchev–Trinajstić information content (AvgIpc) is 3.27. The molecule has 0 unspecified atom stereocenters. The standard InChI is InChI=1S/C20H18N4OS/c25-20-15-7-10-23(12-14-4-2-1-3-5-14)13-17(15)22-24(20)19-16-8-11-26-18(16)6-9-21-19/h1-6,8-9,11,25H,7,10,12-13H2. The van der Waals surface area contributed by atoms with E-state index in [0.717, 1.165) is 47.4 Å². The molecule has 0 radical (unpaired) electrons. The molecule has 1 aliphatic rings. The summed E-state index contributed by atoms with van der Waals surface area (Å²) in [4.78, 5) is 6.84. The van der Waals surface area contributed by atoms with E-state index in [2.05, 4.69) is 34.1 Å². The Morgan fingerprint density at radius 2 is 2.00 bits per heavy atom. The topological polar surface area (TPSA) is 54.2 Å². The Hall–Kier alpha value is -2.70. The van der Waals surface area contributed by atoms with Gasteiger partial charge in [0.05, 0.1) is 5.69 Å². The second kappa shape index (κ2) is 6.23. The van der Waals surface area contributed by atoms with Crippen LogP contribution >= 0.6 is 11.3 Å². The zero-order valence-electron chi connectivity index (χ0n) is 14.2. The molecule has 4 aromatic rings. The van der Waals surface area contributed by atoms with Gasteiger partial charge in [0.2, 0.25) is 5.88 Å². The van der Waals surface area contributed by atoms with Crippen LogP contribution in [0.1, 0.15) is 16.8 Å². The van der Waals surface area contributed by atoms with E-state index in [4.69, 9.17) is 5.10 Å². The third-order valence-electron chi connectivity index (χ3n) is 4.90. The summed E-state index contributed by atoms with van der Waals surface area (Å²) >= 11 is 1.67. The Balaban J connectivity index is 1.48. The van der Waals surface area contributed by atoms with Gasteiger partial charge in [-0.05, 0) is 29.5 Å². The van der Waals surface area contributed by atoms with Gasteiger partial charge < -0.3 is 5.11 Å². The fraction of sp³-hybridized carbons (Fsp3) is 0.200. The van der Waals surface area contributed by atoms with Crippen LogP contribution in [-0.2, 0) is 19.5 Å². The number of hydrogen-bond acceptors (Lipinski definition) is 5. The lowest BCUT2D eigenvalue weighted by atomic mass is 10.1. The van der Waals surface area contributed by atoms with E-state index in [1.165, 1.54) is 5.56 Å². The molecule has 0 spiro atoms. The van der Waals surface area contributed by atoms with E-state index < -0.39 is 0 Å². The predicted octanol–water partition coefficient (Wildman–Crippen LogP) is 3.75. The Morgan fingerprint density at radius 1 is 1.12 bits per heavy atom. The highest BCUT2D eigenvalue weighted by molar-refractivity contribution is 7.17. The molecule has 1 aromatic carbocycles. The number of thiophene rings is 1. The van der Waals surface area contributed by atoms with Crippen molar-refractivity contribution in [2.24, 2.45) is 0 Å². The summed E-state index contributed by atoms with van der Waals surface area (Å²) in [5.41, 5.74) is 3.19. The highest BCUT2D eigenvalue weighted by Gasteiger charge is 2.26. The first-order chi connectivity index (χ1) is 12.8. The molecular formula is C20H18N4OS. The Labute approximate surface area is 155 Å². The third-order valence-corrected chi connectivity index (χ3v) is 5.78. The fourth-order valence-corrected chi connectivity index (χ4v) is 4.38. The largest absolute Gasteiger partial charge is 0.493 e. The van der Waals surface area contributed by atoms with Gasteiger partial charge in [-0.2, -0.15) is 9.78 Å². The van der Waals surface area contributed by atoms with Crippen molar-refractivity contribution in [3.63, 3.8) is 0 Å². The Kier molecular flexibility index (Phi) is 3.72. The first kappa shape index (κ1) is 15.5. The minimum absolute atomic E-state index is 0.227. The number of aromatic nitrogens is 3. The van der Waals surface area contributed by atoms with Crippen LogP contribution in [0.15, 0.2) is 54.0 Å². The van der Waals surface area contributed by atoms with Crippen LogP contribution in [0.5, 0.6) is 5.88 Å². The van der Waals surface area contributed by atoms with E-state index in [-0.39, 0.29) is 5.88 Å². The fourth-order valence-electron chi connectivity index (χ4n) is 3.60. The first-order valence-corrected chi connectivity index (χ1v) is 9.56. The molecule has 0 saturated carbocycles. The van der Waals surface area contributed by atoms with E-state index >= 15 is 0 Å². The first-order valence-electron chi connectivity index (χ1n) is 8.68. The predicted molar refractivity (Wildman–Crippen MR) is 103 cm³/mol. The van der Waals surface area contributed by atoms with Crippen molar-refractivity contribution < 1.29 is 5.11 Å². The van der Waals surface area contributed by atoms with Gasteiger partial charge in [0, 0.05) is 41.5 Å². The van der Waals surface area contributed by atoms with Gasteiger partial charge in [0.25, 0.3) is 0 Å². The zero-order valence-corrected chi connectivity index (χ0v) is 15.0. The van der Waals surface area contributed by atoms with Gasteiger partial charge in [-0.15, -0.1) is 11.3 Å². The second-order valence-electron chi connectivity index (χ2n) is 6.57. The van der Waals surface area contributed by atoms with Crippen LogP contribution < -0.4 is 0 Å². The zero-order chi connectivity index (χ0) is 17.5. The molecule has 5 nitrogen and oxygen atoms in total. The SMILES string of the molecule is Oc1c2c(nn1-c1nccc3sccc13)CN(Cc1ccccc1)CC2. The van der Waals surface area contributed by atoms with Gasteiger partial charge in [0.15, 0.2) is 5.82 Å². The summed E-state index contributed by atoms with van der Waals surface area (Å²) in [5, 5.41) is 18.5. The Bertz CT molecular complexity index is 1070. The molecule has 1 N–H and O–H groups in total. The van der Waals surface area contributed by atoms with E-state index in [9.17, 15) is 5.11 Å².